The van der Waals surface area contributed by atoms with Gasteiger partial charge in [0.1, 0.15) is 5.82 Å². The molecule has 0 radical (unpaired) electrons. The average Bonchev–Trinajstić information content (AvgIpc) is 2.83. The van der Waals surface area contributed by atoms with Crippen molar-refractivity contribution in [3.63, 3.8) is 0 Å². The third kappa shape index (κ3) is 6.03. The Morgan fingerprint density at radius 3 is 2.54 bits per heavy atom. The highest BCUT2D eigenvalue weighted by Crippen LogP contribution is 2.30. The molecule has 1 aliphatic rings. The molecular formula is C26H29F3N4O2. The minimum atomic E-state index is -4.37. The first-order chi connectivity index (χ1) is 16.7. The Bertz CT molecular complexity index is 1190. The second-order valence-corrected chi connectivity index (χ2v) is 8.64. The van der Waals surface area contributed by atoms with Gasteiger partial charge in [-0.05, 0) is 43.7 Å². The normalized spacial score (nSPS) is 14.4. The Balaban J connectivity index is 1.52. The predicted octanol–water partition coefficient (Wildman–Crippen LogP) is 5.13. The maximum Gasteiger partial charge on any atom is 0.416 e. The van der Waals surface area contributed by atoms with Crippen LogP contribution in [0.5, 0.6) is 0 Å². The van der Waals surface area contributed by atoms with Crippen molar-refractivity contribution in [2.75, 3.05) is 37.7 Å². The molecule has 0 atom stereocenters. The molecule has 0 unspecified atom stereocenters. The highest BCUT2D eigenvalue weighted by molar-refractivity contribution is 5.82. The molecule has 4 rings (SSSR count). The molecule has 1 N–H and O–H groups in total. The number of carbonyl (C=O) groups excluding carboxylic acids is 1. The number of rotatable bonds is 6. The van der Waals surface area contributed by atoms with Crippen molar-refractivity contribution < 1.29 is 22.7 Å². The number of hydrogen-bond donors (Lipinski definition) is 1. The summed E-state index contributed by atoms with van der Waals surface area (Å²) in [5.41, 5.74) is 2.87. The Morgan fingerprint density at radius 1 is 1.06 bits per heavy atom. The summed E-state index contributed by atoms with van der Waals surface area (Å²) in [6.45, 7) is 7.18. The fourth-order valence-corrected chi connectivity index (χ4v) is 4.25. The molecule has 0 bridgehead atoms. The molecule has 6 nitrogen and oxygen atoms in total. The van der Waals surface area contributed by atoms with Crippen LogP contribution < -0.4 is 10.2 Å². The number of nitrogens with one attached hydrogen (secondary N) is 1. The van der Waals surface area contributed by atoms with Crippen LogP contribution in [0.1, 0.15) is 29.2 Å². The lowest BCUT2D eigenvalue weighted by Gasteiger charge is -2.35. The molecule has 186 valence electrons. The van der Waals surface area contributed by atoms with Crippen molar-refractivity contribution in [3.05, 3.63) is 70.8 Å². The molecule has 9 heteroatoms. The second-order valence-electron chi connectivity index (χ2n) is 8.64. The number of ether oxygens (including phenoxy) is 1. The third-order valence-corrected chi connectivity index (χ3v) is 6.03. The Kier molecular flexibility index (Phi) is 7.45. The van der Waals surface area contributed by atoms with Crippen LogP contribution in [0.2, 0.25) is 0 Å². The van der Waals surface area contributed by atoms with Gasteiger partial charge in [0.25, 0.3) is 0 Å². The number of aryl methyl sites for hydroxylation is 1. The van der Waals surface area contributed by atoms with E-state index in [4.69, 9.17) is 9.72 Å². The van der Waals surface area contributed by atoms with Crippen molar-refractivity contribution in [1.29, 1.82) is 0 Å². The molecular weight excluding hydrogens is 457 g/mol. The predicted molar refractivity (Wildman–Crippen MR) is 129 cm³/mol. The molecule has 0 saturated carbocycles. The smallest absolute Gasteiger partial charge is 0.416 e. The third-order valence-electron chi connectivity index (χ3n) is 6.03. The molecule has 1 aliphatic heterocycles. The van der Waals surface area contributed by atoms with E-state index in [1.165, 1.54) is 12.1 Å². The topological polar surface area (TPSA) is 57.7 Å². The number of alkyl halides is 3. The summed E-state index contributed by atoms with van der Waals surface area (Å²) in [5.74, 6) is 0.821. The standard InChI is InChI=1S/C26H29F3N4O2/c1-3-35-25(34)33-11-9-32(10-12-33)24-21(15-20-13-18(2)7-8-23(20)31-24)17-30-16-19-5-4-6-22(14-19)26(27,28)29/h4-8,13-15,30H,3,9-12,16-17H2,1-2H3. The monoisotopic (exact) mass is 486 g/mol. The minimum absolute atomic E-state index is 0.297. The molecule has 3 aromatic rings. The fourth-order valence-electron chi connectivity index (χ4n) is 4.25. The largest absolute Gasteiger partial charge is 0.450 e. The van der Waals surface area contributed by atoms with Crippen LogP contribution in [-0.4, -0.2) is 48.8 Å². The van der Waals surface area contributed by atoms with Gasteiger partial charge < -0.3 is 19.9 Å². The maximum absolute atomic E-state index is 13.0. The summed E-state index contributed by atoms with van der Waals surface area (Å²) in [6, 6.07) is 13.5. The highest BCUT2D eigenvalue weighted by Gasteiger charge is 2.30. The lowest BCUT2D eigenvalue weighted by atomic mass is 10.1. The fraction of sp³-hybridized carbons (Fsp3) is 0.385. The summed E-state index contributed by atoms with van der Waals surface area (Å²) in [7, 11) is 0. The summed E-state index contributed by atoms with van der Waals surface area (Å²) in [5, 5.41) is 4.29. The number of hydrogen-bond acceptors (Lipinski definition) is 5. The zero-order chi connectivity index (χ0) is 25.0. The van der Waals surface area contributed by atoms with Crippen LogP contribution in [0.25, 0.3) is 10.9 Å². The van der Waals surface area contributed by atoms with Crippen LogP contribution in [0.3, 0.4) is 0 Å². The number of amides is 1. The van der Waals surface area contributed by atoms with Crippen molar-refractivity contribution in [3.8, 4) is 0 Å². The zero-order valence-corrected chi connectivity index (χ0v) is 19.9. The van der Waals surface area contributed by atoms with Gasteiger partial charge in [0.2, 0.25) is 0 Å². The number of pyridine rings is 1. The van der Waals surface area contributed by atoms with E-state index >= 15 is 0 Å². The number of carbonyl (C=O) groups is 1. The zero-order valence-electron chi connectivity index (χ0n) is 19.9. The first-order valence-corrected chi connectivity index (χ1v) is 11.7. The molecule has 2 heterocycles. The maximum atomic E-state index is 13.0. The lowest BCUT2D eigenvalue weighted by molar-refractivity contribution is -0.137. The molecule has 35 heavy (non-hydrogen) atoms. The number of aromatic nitrogens is 1. The molecule has 2 aromatic carbocycles. The SMILES string of the molecule is CCOC(=O)N1CCN(c2nc3ccc(C)cc3cc2CNCc2cccc(C(F)(F)F)c2)CC1. The number of benzene rings is 2. The number of piperazine rings is 1. The first-order valence-electron chi connectivity index (χ1n) is 11.7. The van der Waals surface area contributed by atoms with Gasteiger partial charge in [-0.3, -0.25) is 0 Å². The van der Waals surface area contributed by atoms with Gasteiger partial charge in [0.05, 0.1) is 17.7 Å². The van der Waals surface area contributed by atoms with E-state index in [2.05, 4.69) is 22.3 Å². The summed E-state index contributed by atoms with van der Waals surface area (Å²) < 4.78 is 44.3. The van der Waals surface area contributed by atoms with E-state index in [0.717, 1.165) is 33.9 Å². The molecule has 0 aliphatic carbocycles. The van der Waals surface area contributed by atoms with E-state index in [0.29, 0.717) is 51.4 Å². The number of nitrogens with zero attached hydrogens (tertiary/aromatic N) is 3. The van der Waals surface area contributed by atoms with Crippen LogP contribution in [0.15, 0.2) is 48.5 Å². The quantitative estimate of drug-likeness (QED) is 0.524. The van der Waals surface area contributed by atoms with Crippen molar-refractivity contribution >= 4 is 22.8 Å². The number of anilines is 1. The van der Waals surface area contributed by atoms with E-state index < -0.39 is 11.7 Å². The molecule has 1 fully saturated rings. The molecule has 0 spiro atoms. The molecule has 1 aromatic heterocycles. The van der Waals surface area contributed by atoms with E-state index in [1.807, 2.05) is 19.1 Å². The Morgan fingerprint density at radius 2 is 1.83 bits per heavy atom. The number of halogens is 3. The van der Waals surface area contributed by atoms with Crippen molar-refractivity contribution in [2.24, 2.45) is 0 Å². The minimum Gasteiger partial charge on any atom is -0.450 e. The van der Waals surface area contributed by atoms with Gasteiger partial charge in [-0.15, -0.1) is 0 Å². The molecule has 1 amide bonds. The Hall–Kier alpha value is -3.33. The van der Waals surface area contributed by atoms with Crippen LogP contribution in [0.4, 0.5) is 23.8 Å². The molecule has 1 saturated heterocycles. The number of fused-ring (bicyclic) bond motifs is 1. The van der Waals surface area contributed by atoms with Gasteiger partial charge in [-0.25, -0.2) is 9.78 Å². The van der Waals surface area contributed by atoms with E-state index in [1.54, 1.807) is 17.9 Å². The van der Waals surface area contributed by atoms with Crippen molar-refractivity contribution in [1.82, 2.24) is 15.2 Å². The summed E-state index contributed by atoms with van der Waals surface area (Å²) in [4.78, 5) is 20.8. The van der Waals surface area contributed by atoms with Crippen LogP contribution in [0, 0.1) is 6.92 Å². The van der Waals surface area contributed by atoms with Crippen LogP contribution in [-0.2, 0) is 24.0 Å². The van der Waals surface area contributed by atoms with E-state index in [-0.39, 0.29) is 6.09 Å². The summed E-state index contributed by atoms with van der Waals surface area (Å²) in [6.07, 6.45) is -4.67. The second kappa shape index (κ2) is 10.5. The average molecular weight is 487 g/mol. The Labute approximate surface area is 202 Å². The highest BCUT2D eigenvalue weighted by atomic mass is 19.4. The lowest BCUT2D eigenvalue weighted by Crippen LogP contribution is -2.49. The van der Waals surface area contributed by atoms with Gasteiger partial charge in [-0.2, -0.15) is 13.2 Å². The van der Waals surface area contributed by atoms with Gasteiger partial charge in [-0.1, -0.05) is 29.8 Å². The van der Waals surface area contributed by atoms with Crippen molar-refractivity contribution in [2.45, 2.75) is 33.1 Å². The first kappa shape index (κ1) is 24.8. The van der Waals surface area contributed by atoms with Gasteiger partial charge >= 0.3 is 12.3 Å². The van der Waals surface area contributed by atoms with Gasteiger partial charge in [0.15, 0.2) is 0 Å². The van der Waals surface area contributed by atoms with Gasteiger partial charge in [0, 0.05) is 50.2 Å². The van der Waals surface area contributed by atoms with Crippen LogP contribution >= 0.6 is 0 Å². The van der Waals surface area contributed by atoms with E-state index in [9.17, 15) is 18.0 Å². The summed E-state index contributed by atoms with van der Waals surface area (Å²) >= 11 is 0.